The summed E-state index contributed by atoms with van der Waals surface area (Å²) in [6, 6.07) is 3.71. The molecule has 4 heteroatoms. The van der Waals surface area contributed by atoms with Gasteiger partial charge in [0.25, 0.3) is 0 Å². The Bertz CT molecular complexity index is 309. The molecule has 1 atom stereocenters. The van der Waals surface area contributed by atoms with E-state index in [1.165, 1.54) is 0 Å². The number of nitrogens with two attached hydrogens (primary N) is 1. The summed E-state index contributed by atoms with van der Waals surface area (Å²) < 4.78 is 5.24. The van der Waals surface area contributed by atoms with E-state index in [1.54, 1.807) is 11.2 Å². The van der Waals surface area contributed by atoms with Gasteiger partial charge in [-0.3, -0.25) is 4.79 Å². The van der Waals surface area contributed by atoms with Gasteiger partial charge in [0.15, 0.2) is 0 Å². The first-order chi connectivity index (χ1) is 7.69. The molecule has 1 unspecified atom stereocenters. The van der Waals surface area contributed by atoms with Crippen LogP contribution in [0.15, 0.2) is 22.8 Å². The molecule has 0 aliphatic heterocycles. The van der Waals surface area contributed by atoms with E-state index < -0.39 is 0 Å². The highest BCUT2D eigenvalue weighted by atomic mass is 16.3. The first kappa shape index (κ1) is 12.8. The molecule has 0 spiro atoms. The lowest BCUT2D eigenvalue weighted by molar-refractivity contribution is -0.135. The summed E-state index contributed by atoms with van der Waals surface area (Å²) in [5.74, 6) is 0.944. The van der Waals surface area contributed by atoms with Gasteiger partial charge in [0.1, 0.15) is 5.76 Å². The van der Waals surface area contributed by atoms with Crippen LogP contribution in [-0.4, -0.2) is 23.9 Å². The van der Waals surface area contributed by atoms with Crippen molar-refractivity contribution in [1.29, 1.82) is 0 Å². The van der Waals surface area contributed by atoms with Crippen LogP contribution in [0.25, 0.3) is 0 Å². The van der Waals surface area contributed by atoms with Crippen LogP contribution >= 0.6 is 0 Å². The quantitative estimate of drug-likeness (QED) is 0.798. The van der Waals surface area contributed by atoms with Gasteiger partial charge in [0.05, 0.1) is 12.8 Å². The highest BCUT2D eigenvalue weighted by Gasteiger charge is 2.19. The van der Waals surface area contributed by atoms with E-state index in [-0.39, 0.29) is 11.8 Å². The van der Waals surface area contributed by atoms with E-state index in [2.05, 4.69) is 0 Å². The molecule has 2 N–H and O–H groups in total. The van der Waals surface area contributed by atoms with Crippen LogP contribution in [0.3, 0.4) is 0 Å². The molecule has 1 heterocycles. The molecule has 0 bridgehead atoms. The molecule has 0 aliphatic rings. The lowest BCUT2D eigenvalue weighted by Crippen LogP contribution is -2.35. The van der Waals surface area contributed by atoms with Crippen molar-refractivity contribution in [2.75, 3.05) is 13.1 Å². The number of hydrogen-bond acceptors (Lipinski definition) is 3. The molecule has 1 aromatic heterocycles. The Hall–Kier alpha value is -1.29. The van der Waals surface area contributed by atoms with E-state index >= 15 is 0 Å². The van der Waals surface area contributed by atoms with Crippen LogP contribution in [0.4, 0.5) is 0 Å². The van der Waals surface area contributed by atoms with Gasteiger partial charge >= 0.3 is 0 Å². The number of carbonyl (C=O) groups excluding carboxylic acids is 1. The molecule has 0 radical (unpaired) electrons. The van der Waals surface area contributed by atoms with Crippen LogP contribution in [0.5, 0.6) is 0 Å². The molecular weight excluding hydrogens is 204 g/mol. The van der Waals surface area contributed by atoms with Crippen molar-refractivity contribution < 1.29 is 9.21 Å². The molecule has 0 saturated carbocycles. The maximum absolute atomic E-state index is 12.0. The third-order valence-electron chi connectivity index (χ3n) is 2.64. The van der Waals surface area contributed by atoms with E-state index in [0.717, 1.165) is 12.2 Å². The molecule has 16 heavy (non-hydrogen) atoms. The van der Waals surface area contributed by atoms with Crippen molar-refractivity contribution in [3.05, 3.63) is 24.2 Å². The predicted octanol–water partition coefficient (Wildman–Crippen LogP) is 1.61. The van der Waals surface area contributed by atoms with E-state index in [1.807, 2.05) is 26.0 Å². The fraction of sp³-hybridized carbons (Fsp3) is 0.583. The minimum Gasteiger partial charge on any atom is -0.467 e. The molecule has 90 valence electrons. The Labute approximate surface area is 96.4 Å². The maximum atomic E-state index is 12.0. The van der Waals surface area contributed by atoms with E-state index in [4.69, 9.17) is 10.2 Å². The van der Waals surface area contributed by atoms with Crippen LogP contribution in [0.2, 0.25) is 0 Å². The highest BCUT2D eigenvalue weighted by molar-refractivity contribution is 5.78. The smallest absolute Gasteiger partial charge is 0.225 e. The number of nitrogens with zero attached hydrogens (tertiary/aromatic N) is 1. The fourth-order valence-electron chi connectivity index (χ4n) is 1.62. The monoisotopic (exact) mass is 224 g/mol. The predicted molar refractivity (Wildman–Crippen MR) is 62.6 cm³/mol. The Morgan fingerprint density at radius 2 is 2.38 bits per heavy atom. The van der Waals surface area contributed by atoms with Crippen LogP contribution in [0, 0.1) is 5.92 Å². The van der Waals surface area contributed by atoms with Gasteiger partial charge in [0.2, 0.25) is 5.91 Å². The van der Waals surface area contributed by atoms with Gasteiger partial charge in [-0.15, -0.1) is 0 Å². The van der Waals surface area contributed by atoms with E-state index in [0.29, 0.717) is 19.6 Å². The first-order valence-electron chi connectivity index (χ1n) is 5.70. The summed E-state index contributed by atoms with van der Waals surface area (Å²) in [5.41, 5.74) is 5.46. The van der Waals surface area contributed by atoms with Crippen LogP contribution in [-0.2, 0) is 11.3 Å². The highest BCUT2D eigenvalue weighted by Crippen LogP contribution is 2.11. The average Bonchev–Trinajstić information content (AvgIpc) is 2.78. The summed E-state index contributed by atoms with van der Waals surface area (Å²) in [6.07, 6.45) is 2.35. The second-order valence-electron chi connectivity index (χ2n) is 3.91. The molecule has 1 aromatic rings. The second kappa shape index (κ2) is 6.33. The first-order valence-corrected chi connectivity index (χ1v) is 5.70. The van der Waals surface area contributed by atoms with Crippen LogP contribution in [0.1, 0.15) is 26.0 Å². The molecular formula is C12H20N2O2. The number of carbonyl (C=O) groups is 1. The number of amides is 1. The number of hydrogen-bond donors (Lipinski definition) is 1. The molecule has 0 aliphatic carbocycles. The average molecular weight is 224 g/mol. The molecule has 0 fully saturated rings. The third kappa shape index (κ3) is 3.38. The van der Waals surface area contributed by atoms with Crippen molar-refractivity contribution in [3.63, 3.8) is 0 Å². The SMILES string of the molecule is CCN(Cc1ccco1)C(=O)C(C)CCN. The molecule has 0 saturated heterocycles. The summed E-state index contributed by atoms with van der Waals surface area (Å²) in [4.78, 5) is 13.8. The van der Waals surface area contributed by atoms with Crippen molar-refractivity contribution in [3.8, 4) is 0 Å². The summed E-state index contributed by atoms with van der Waals surface area (Å²) in [5, 5.41) is 0. The summed E-state index contributed by atoms with van der Waals surface area (Å²) in [7, 11) is 0. The number of furan rings is 1. The summed E-state index contributed by atoms with van der Waals surface area (Å²) >= 11 is 0. The van der Waals surface area contributed by atoms with Crippen molar-refractivity contribution in [2.24, 2.45) is 11.7 Å². The largest absolute Gasteiger partial charge is 0.467 e. The van der Waals surface area contributed by atoms with Gasteiger partial charge in [-0.25, -0.2) is 0 Å². The maximum Gasteiger partial charge on any atom is 0.225 e. The Balaban J connectivity index is 2.56. The topological polar surface area (TPSA) is 59.5 Å². The van der Waals surface area contributed by atoms with Gasteiger partial charge in [-0.1, -0.05) is 6.92 Å². The van der Waals surface area contributed by atoms with Crippen LogP contribution < -0.4 is 5.73 Å². The van der Waals surface area contributed by atoms with Gasteiger partial charge in [0, 0.05) is 12.5 Å². The third-order valence-corrected chi connectivity index (χ3v) is 2.64. The van der Waals surface area contributed by atoms with Gasteiger partial charge in [-0.2, -0.15) is 0 Å². The second-order valence-corrected chi connectivity index (χ2v) is 3.91. The number of rotatable bonds is 6. The standard InChI is InChI=1S/C12H20N2O2/c1-3-14(9-11-5-4-8-16-11)12(15)10(2)6-7-13/h4-5,8,10H,3,6-7,9,13H2,1-2H3. The van der Waals surface area contributed by atoms with Gasteiger partial charge in [-0.05, 0) is 32.0 Å². The van der Waals surface area contributed by atoms with E-state index in [9.17, 15) is 4.79 Å². The molecule has 1 rings (SSSR count). The Morgan fingerprint density at radius 3 is 2.88 bits per heavy atom. The van der Waals surface area contributed by atoms with Gasteiger partial charge < -0.3 is 15.1 Å². The minimum atomic E-state index is -0.0140. The lowest BCUT2D eigenvalue weighted by Gasteiger charge is -2.23. The van der Waals surface area contributed by atoms with Crippen molar-refractivity contribution >= 4 is 5.91 Å². The molecule has 4 nitrogen and oxygen atoms in total. The molecule has 0 aromatic carbocycles. The molecule has 1 amide bonds. The normalized spacial score (nSPS) is 12.4. The summed E-state index contributed by atoms with van der Waals surface area (Å²) in [6.45, 7) is 5.66. The fourth-order valence-corrected chi connectivity index (χ4v) is 1.62. The Kier molecular flexibility index (Phi) is 5.05. The Morgan fingerprint density at radius 1 is 1.62 bits per heavy atom. The lowest BCUT2D eigenvalue weighted by atomic mass is 10.1. The zero-order valence-corrected chi connectivity index (χ0v) is 9.98. The van der Waals surface area contributed by atoms with Crippen molar-refractivity contribution in [2.45, 2.75) is 26.8 Å². The zero-order chi connectivity index (χ0) is 12.0. The zero-order valence-electron chi connectivity index (χ0n) is 9.98. The van der Waals surface area contributed by atoms with Crippen molar-refractivity contribution in [1.82, 2.24) is 4.90 Å². The minimum absolute atomic E-state index is 0.0140.